The molecule has 1 unspecified atom stereocenters. The number of rotatable bonds is 4. The number of hydrogen-bond acceptors (Lipinski definition) is 3. The highest BCUT2D eigenvalue weighted by Crippen LogP contribution is 2.36. The van der Waals surface area contributed by atoms with Gasteiger partial charge in [-0.2, -0.15) is 0 Å². The molecule has 5 heteroatoms. The minimum Gasteiger partial charge on any atom is -0.392 e. The van der Waals surface area contributed by atoms with Crippen LogP contribution in [-0.2, 0) is 4.79 Å². The fourth-order valence-electron chi connectivity index (χ4n) is 2.96. The Balaban J connectivity index is 2.14. The molecule has 1 aliphatic carbocycles. The summed E-state index contributed by atoms with van der Waals surface area (Å²) in [6.45, 7) is 1.93. The number of aromatic nitrogens is 1. The van der Waals surface area contributed by atoms with Gasteiger partial charge in [-0.3, -0.25) is 9.78 Å². The Hall–Kier alpha value is -1.49. The fraction of sp³-hybridized carbons (Fsp3) is 0.562. The molecule has 21 heavy (non-hydrogen) atoms. The van der Waals surface area contributed by atoms with E-state index in [1.165, 1.54) is 0 Å². The monoisotopic (exact) mass is 305 g/mol. The van der Waals surface area contributed by atoms with Crippen molar-refractivity contribution in [3.8, 4) is 0 Å². The van der Waals surface area contributed by atoms with E-state index >= 15 is 0 Å². The predicted molar refractivity (Wildman–Crippen MR) is 87.7 cm³/mol. The molecule has 1 saturated carbocycles. The Morgan fingerprint density at radius 3 is 2.52 bits per heavy atom. The van der Waals surface area contributed by atoms with E-state index in [-0.39, 0.29) is 11.9 Å². The molecule has 0 radical (unpaired) electrons. The molecule has 3 N–H and O–H groups in total. The van der Waals surface area contributed by atoms with E-state index in [0.717, 1.165) is 44.2 Å². The zero-order chi connectivity index (χ0) is 15.3. The van der Waals surface area contributed by atoms with Crippen LogP contribution in [0.4, 0.5) is 0 Å². The average Bonchev–Trinajstić information content (AvgIpc) is 2.75. The van der Waals surface area contributed by atoms with Crippen LogP contribution < -0.4 is 11.1 Å². The number of carbonyl (C=O) groups is 1. The first kappa shape index (κ1) is 15.9. The zero-order valence-corrected chi connectivity index (χ0v) is 13.3. The maximum atomic E-state index is 12.8. The molecule has 0 aromatic carbocycles. The minimum atomic E-state index is -0.686. The van der Waals surface area contributed by atoms with E-state index in [9.17, 15) is 4.79 Å². The van der Waals surface area contributed by atoms with Gasteiger partial charge in [0, 0.05) is 6.20 Å². The number of nitrogens with zero attached hydrogens (tertiary/aromatic N) is 1. The SMILES string of the molecule is CC(NC(=O)C1(C(N)=S)CCCCCC1)c1ccccn1. The lowest BCUT2D eigenvalue weighted by atomic mass is 9.79. The van der Waals surface area contributed by atoms with Gasteiger partial charge in [-0.15, -0.1) is 0 Å². The van der Waals surface area contributed by atoms with Crippen LogP contribution in [0.3, 0.4) is 0 Å². The molecular formula is C16H23N3OS. The molecule has 1 amide bonds. The first-order chi connectivity index (χ1) is 10.1. The molecule has 1 atom stereocenters. The van der Waals surface area contributed by atoms with Crippen LogP contribution in [-0.4, -0.2) is 15.9 Å². The first-order valence-corrected chi connectivity index (χ1v) is 7.99. The van der Waals surface area contributed by atoms with Crippen molar-refractivity contribution < 1.29 is 4.79 Å². The standard InChI is InChI=1S/C16H23N3OS/c1-12(13-8-4-7-11-18-13)19-15(20)16(14(17)21)9-5-2-3-6-10-16/h4,7-8,11-12H,2-3,5-6,9-10H2,1H3,(H2,17,21)(H,19,20). The summed E-state index contributed by atoms with van der Waals surface area (Å²) in [5.74, 6) is -0.0462. The summed E-state index contributed by atoms with van der Waals surface area (Å²) >= 11 is 5.23. The molecular weight excluding hydrogens is 282 g/mol. The molecule has 0 aliphatic heterocycles. The Morgan fingerprint density at radius 1 is 1.33 bits per heavy atom. The normalized spacial score (nSPS) is 19.3. The second kappa shape index (κ2) is 6.98. The molecule has 1 aromatic rings. The van der Waals surface area contributed by atoms with E-state index < -0.39 is 5.41 Å². The highest BCUT2D eigenvalue weighted by Gasteiger charge is 2.41. The van der Waals surface area contributed by atoms with Gasteiger partial charge in [0.25, 0.3) is 0 Å². The van der Waals surface area contributed by atoms with E-state index in [4.69, 9.17) is 18.0 Å². The van der Waals surface area contributed by atoms with Crippen LogP contribution in [0, 0.1) is 5.41 Å². The molecule has 4 nitrogen and oxygen atoms in total. The molecule has 0 spiro atoms. The molecule has 2 rings (SSSR count). The fourth-order valence-corrected chi connectivity index (χ4v) is 3.26. The third-order valence-electron chi connectivity index (χ3n) is 4.34. The zero-order valence-electron chi connectivity index (χ0n) is 12.5. The van der Waals surface area contributed by atoms with Gasteiger partial charge in [0.2, 0.25) is 5.91 Å². The van der Waals surface area contributed by atoms with Gasteiger partial charge in [0.05, 0.1) is 22.1 Å². The van der Waals surface area contributed by atoms with E-state index in [2.05, 4.69) is 10.3 Å². The number of pyridine rings is 1. The van der Waals surface area contributed by atoms with E-state index in [0.29, 0.717) is 4.99 Å². The number of carbonyl (C=O) groups excluding carboxylic acids is 1. The van der Waals surface area contributed by atoms with Crippen molar-refractivity contribution in [3.63, 3.8) is 0 Å². The Kier molecular flexibility index (Phi) is 5.28. The summed E-state index contributed by atoms with van der Waals surface area (Å²) in [5, 5.41) is 3.05. The molecule has 1 heterocycles. The molecule has 114 valence electrons. The molecule has 1 aliphatic rings. The highest BCUT2D eigenvalue weighted by molar-refractivity contribution is 7.80. The largest absolute Gasteiger partial charge is 0.392 e. The van der Waals surface area contributed by atoms with Gasteiger partial charge in [-0.25, -0.2) is 0 Å². The van der Waals surface area contributed by atoms with Crippen molar-refractivity contribution in [2.75, 3.05) is 0 Å². The van der Waals surface area contributed by atoms with Crippen LogP contribution in [0.15, 0.2) is 24.4 Å². The lowest BCUT2D eigenvalue weighted by Crippen LogP contribution is -2.49. The summed E-state index contributed by atoms with van der Waals surface area (Å²) < 4.78 is 0. The van der Waals surface area contributed by atoms with E-state index in [1.807, 2.05) is 25.1 Å². The number of hydrogen-bond donors (Lipinski definition) is 2. The lowest BCUT2D eigenvalue weighted by molar-refractivity contribution is -0.128. The quantitative estimate of drug-likeness (QED) is 0.663. The van der Waals surface area contributed by atoms with Crippen molar-refractivity contribution in [1.82, 2.24) is 10.3 Å². The van der Waals surface area contributed by atoms with Gasteiger partial charge >= 0.3 is 0 Å². The maximum absolute atomic E-state index is 12.8. The molecule has 1 fully saturated rings. The molecule has 1 aromatic heterocycles. The van der Waals surface area contributed by atoms with Gasteiger partial charge in [-0.05, 0) is 31.9 Å². The van der Waals surface area contributed by atoms with Gasteiger partial charge in [-0.1, -0.05) is 44.0 Å². The Bertz CT molecular complexity index is 496. The van der Waals surface area contributed by atoms with E-state index in [1.54, 1.807) is 6.20 Å². The average molecular weight is 305 g/mol. The maximum Gasteiger partial charge on any atom is 0.233 e. The number of nitrogens with one attached hydrogen (secondary N) is 1. The van der Waals surface area contributed by atoms with Crippen molar-refractivity contribution in [1.29, 1.82) is 0 Å². The van der Waals surface area contributed by atoms with Crippen LogP contribution in [0.5, 0.6) is 0 Å². The van der Waals surface area contributed by atoms with Crippen LogP contribution in [0.2, 0.25) is 0 Å². The van der Waals surface area contributed by atoms with Crippen molar-refractivity contribution in [2.45, 2.75) is 51.5 Å². The Labute approximate surface area is 131 Å². The van der Waals surface area contributed by atoms with Crippen LogP contribution in [0.1, 0.15) is 57.2 Å². The molecule has 0 bridgehead atoms. The van der Waals surface area contributed by atoms with Gasteiger partial charge in [0.1, 0.15) is 0 Å². The summed E-state index contributed by atoms with van der Waals surface area (Å²) in [6.07, 6.45) is 7.53. The first-order valence-electron chi connectivity index (χ1n) is 7.58. The lowest BCUT2D eigenvalue weighted by Gasteiger charge is -2.31. The van der Waals surface area contributed by atoms with Crippen LogP contribution >= 0.6 is 12.2 Å². The molecule has 0 saturated heterocycles. The second-order valence-corrected chi connectivity index (χ2v) is 6.25. The van der Waals surface area contributed by atoms with Crippen LogP contribution in [0.25, 0.3) is 0 Å². The topological polar surface area (TPSA) is 68.0 Å². The number of nitrogens with two attached hydrogens (primary N) is 1. The second-order valence-electron chi connectivity index (χ2n) is 5.81. The minimum absolute atomic E-state index is 0.0462. The third kappa shape index (κ3) is 3.59. The number of amides is 1. The number of thiocarbonyl (C=S) groups is 1. The van der Waals surface area contributed by atoms with Crippen molar-refractivity contribution in [3.05, 3.63) is 30.1 Å². The highest BCUT2D eigenvalue weighted by atomic mass is 32.1. The van der Waals surface area contributed by atoms with Gasteiger partial charge < -0.3 is 11.1 Å². The summed E-state index contributed by atoms with van der Waals surface area (Å²) in [5.41, 5.74) is 6.10. The third-order valence-corrected chi connectivity index (χ3v) is 4.73. The Morgan fingerprint density at radius 2 is 2.00 bits per heavy atom. The van der Waals surface area contributed by atoms with Gasteiger partial charge in [0.15, 0.2) is 0 Å². The van der Waals surface area contributed by atoms with Crippen molar-refractivity contribution >= 4 is 23.1 Å². The smallest absolute Gasteiger partial charge is 0.233 e. The van der Waals surface area contributed by atoms with Crippen molar-refractivity contribution in [2.24, 2.45) is 11.1 Å². The summed E-state index contributed by atoms with van der Waals surface area (Å²) in [6, 6.07) is 5.54. The predicted octanol–water partition coefficient (Wildman–Crippen LogP) is 2.89. The summed E-state index contributed by atoms with van der Waals surface area (Å²) in [7, 11) is 0. The summed E-state index contributed by atoms with van der Waals surface area (Å²) in [4.78, 5) is 17.4.